The standard InChI is InChI=1S/C19H15FO/c20-17-11-7-10-16(14-17)19(15-8-3-1-4-9-15)21-18-12-5-2-6-13-18/h1-14,19H. The first-order chi connectivity index (χ1) is 10.3. The van der Waals surface area contributed by atoms with E-state index < -0.39 is 0 Å². The first-order valence-corrected chi connectivity index (χ1v) is 6.85. The van der Waals surface area contributed by atoms with Gasteiger partial charge in [0.05, 0.1) is 0 Å². The Hall–Kier alpha value is -2.61. The van der Waals surface area contributed by atoms with E-state index in [9.17, 15) is 4.39 Å². The average Bonchev–Trinajstić information content (AvgIpc) is 2.54. The Balaban J connectivity index is 1.99. The van der Waals surface area contributed by atoms with Gasteiger partial charge in [-0.1, -0.05) is 60.7 Å². The summed E-state index contributed by atoms with van der Waals surface area (Å²) in [6.45, 7) is 0. The monoisotopic (exact) mass is 278 g/mol. The third-order valence-corrected chi connectivity index (χ3v) is 3.25. The van der Waals surface area contributed by atoms with Crippen LogP contribution in [0, 0.1) is 5.82 Å². The molecule has 0 heterocycles. The van der Waals surface area contributed by atoms with E-state index in [1.807, 2.05) is 66.7 Å². The van der Waals surface area contributed by atoms with Crippen molar-refractivity contribution in [3.05, 3.63) is 102 Å². The van der Waals surface area contributed by atoms with Gasteiger partial charge >= 0.3 is 0 Å². The van der Waals surface area contributed by atoms with Crippen molar-refractivity contribution in [2.24, 2.45) is 0 Å². The molecular weight excluding hydrogens is 263 g/mol. The van der Waals surface area contributed by atoms with Gasteiger partial charge in [-0.05, 0) is 35.4 Å². The molecule has 0 spiro atoms. The van der Waals surface area contributed by atoms with Gasteiger partial charge in [0.1, 0.15) is 17.7 Å². The Bertz CT molecular complexity index is 695. The van der Waals surface area contributed by atoms with Crippen LogP contribution in [0.2, 0.25) is 0 Å². The van der Waals surface area contributed by atoms with Gasteiger partial charge in [0.2, 0.25) is 0 Å². The second kappa shape index (κ2) is 6.23. The van der Waals surface area contributed by atoms with Gasteiger partial charge in [-0.25, -0.2) is 4.39 Å². The summed E-state index contributed by atoms with van der Waals surface area (Å²) in [5.41, 5.74) is 1.79. The maximum absolute atomic E-state index is 13.5. The molecule has 3 aromatic carbocycles. The minimum atomic E-state index is -0.329. The molecule has 0 aliphatic carbocycles. The molecule has 1 atom stereocenters. The van der Waals surface area contributed by atoms with Crippen LogP contribution in [0.15, 0.2) is 84.9 Å². The zero-order chi connectivity index (χ0) is 14.5. The van der Waals surface area contributed by atoms with Gasteiger partial charge in [0.15, 0.2) is 0 Å². The highest BCUT2D eigenvalue weighted by Gasteiger charge is 2.16. The first-order valence-electron chi connectivity index (χ1n) is 6.85. The van der Waals surface area contributed by atoms with Crippen LogP contribution in [0.3, 0.4) is 0 Å². The second-order valence-electron chi connectivity index (χ2n) is 4.78. The smallest absolute Gasteiger partial charge is 0.149 e. The van der Waals surface area contributed by atoms with Gasteiger partial charge in [-0.2, -0.15) is 0 Å². The van der Waals surface area contributed by atoms with Crippen LogP contribution < -0.4 is 4.74 Å². The molecule has 3 rings (SSSR count). The lowest BCUT2D eigenvalue weighted by Gasteiger charge is -2.20. The number of para-hydroxylation sites is 1. The number of benzene rings is 3. The zero-order valence-electron chi connectivity index (χ0n) is 11.4. The Kier molecular flexibility index (Phi) is 3.97. The Morgan fingerprint density at radius 2 is 1.29 bits per heavy atom. The highest BCUT2D eigenvalue weighted by molar-refractivity contribution is 5.33. The normalized spacial score (nSPS) is 11.9. The van der Waals surface area contributed by atoms with E-state index in [0.717, 1.165) is 16.9 Å². The summed E-state index contributed by atoms with van der Waals surface area (Å²) in [5.74, 6) is 0.501. The fraction of sp³-hybridized carbons (Fsp3) is 0.0526. The third-order valence-electron chi connectivity index (χ3n) is 3.25. The molecule has 0 aliphatic heterocycles. The van der Waals surface area contributed by atoms with E-state index >= 15 is 0 Å². The lowest BCUT2D eigenvalue weighted by molar-refractivity contribution is 0.247. The van der Waals surface area contributed by atoms with E-state index in [1.54, 1.807) is 6.07 Å². The van der Waals surface area contributed by atoms with E-state index in [-0.39, 0.29) is 11.9 Å². The molecule has 0 N–H and O–H groups in total. The quantitative estimate of drug-likeness (QED) is 0.653. The van der Waals surface area contributed by atoms with E-state index in [4.69, 9.17) is 4.74 Å². The van der Waals surface area contributed by atoms with Crippen molar-refractivity contribution in [3.63, 3.8) is 0 Å². The molecule has 0 radical (unpaired) electrons. The van der Waals surface area contributed by atoms with Gasteiger partial charge in [0.25, 0.3) is 0 Å². The van der Waals surface area contributed by atoms with Crippen molar-refractivity contribution < 1.29 is 9.13 Å². The van der Waals surface area contributed by atoms with Gasteiger partial charge in [0, 0.05) is 0 Å². The van der Waals surface area contributed by atoms with Crippen LogP contribution in [0.25, 0.3) is 0 Å². The highest BCUT2D eigenvalue weighted by Crippen LogP contribution is 2.28. The summed E-state index contributed by atoms with van der Waals surface area (Å²) in [4.78, 5) is 0. The summed E-state index contributed by atoms with van der Waals surface area (Å²) < 4.78 is 19.6. The fourth-order valence-corrected chi connectivity index (χ4v) is 2.26. The zero-order valence-corrected chi connectivity index (χ0v) is 11.4. The Morgan fingerprint density at radius 3 is 1.95 bits per heavy atom. The average molecular weight is 278 g/mol. The minimum Gasteiger partial charge on any atom is -0.481 e. The predicted octanol–water partition coefficient (Wildman–Crippen LogP) is 4.99. The van der Waals surface area contributed by atoms with Crippen molar-refractivity contribution in [1.82, 2.24) is 0 Å². The molecular formula is C19H15FO. The lowest BCUT2D eigenvalue weighted by atomic mass is 10.0. The van der Waals surface area contributed by atoms with E-state index in [1.165, 1.54) is 12.1 Å². The maximum atomic E-state index is 13.5. The van der Waals surface area contributed by atoms with Crippen LogP contribution in [0.4, 0.5) is 4.39 Å². The topological polar surface area (TPSA) is 9.23 Å². The molecule has 0 bridgehead atoms. The lowest BCUT2D eigenvalue weighted by Crippen LogP contribution is -2.09. The van der Waals surface area contributed by atoms with E-state index in [0.29, 0.717) is 0 Å². The number of ether oxygens (including phenoxy) is 1. The Labute approximate surface area is 123 Å². The molecule has 0 fully saturated rings. The number of halogens is 1. The van der Waals surface area contributed by atoms with E-state index in [2.05, 4.69) is 0 Å². The number of hydrogen-bond acceptors (Lipinski definition) is 1. The third kappa shape index (κ3) is 3.29. The fourth-order valence-electron chi connectivity index (χ4n) is 2.26. The minimum absolute atomic E-state index is 0.259. The molecule has 21 heavy (non-hydrogen) atoms. The highest BCUT2D eigenvalue weighted by atomic mass is 19.1. The molecule has 3 aromatic rings. The Morgan fingerprint density at radius 1 is 0.667 bits per heavy atom. The molecule has 0 aromatic heterocycles. The molecule has 0 saturated heterocycles. The van der Waals surface area contributed by atoms with Gasteiger partial charge in [-0.15, -0.1) is 0 Å². The van der Waals surface area contributed by atoms with Crippen molar-refractivity contribution in [2.45, 2.75) is 6.10 Å². The van der Waals surface area contributed by atoms with Crippen molar-refractivity contribution in [2.75, 3.05) is 0 Å². The summed E-state index contributed by atoms with van der Waals surface area (Å²) in [5, 5.41) is 0. The summed E-state index contributed by atoms with van der Waals surface area (Å²) >= 11 is 0. The molecule has 0 aliphatic rings. The first kappa shape index (κ1) is 13.4. The van der Waals surface area contributed by atoms with Crippen LogP contribution in [0.1, 0.15) is 17.2 Å². The SMILES string of the molecule is Fc1cccc(C(Oc2ccccc2)c2ccccc2)c1. The number of hydrogen-bond donors (Lipinski definition) is 0. The summed E-state index contributed by atoms with van der Waals surface area (Å²) in [7, 11) is 0. The molecule has 1 unspecified atom stereocenters. The number of rotatable bonds is 4. The van der Waals surface area contributed by atoms with Crippen LogP contribution in [-0.4, -0.2) is 0 Å². The van der Waals surface area contributed by atoms with Crippen LogP contribution >= 0.6 is 0 Å². The van der Waals surface area contributed by atoms with Gasteiger partial charge < -0.3 is 4.74 Å². The van der Waals surface area contributed by atoms with Crippen molar-refractivity contribution in [1.29, 1.82) is 0 Å². The largest absolute Gasteiger partial charge is 0.481 e. The van der Waals surface area contributed by atoms with Gasteiger partial charge in [-0.3, -0.25) is 0 Å². The predicted molar refractivity (Wildman–Crippen MR) is 81.8 cm³/mol. The molecule has 0 amide bonds. The molecule has 2 heteroatoms. The molecule has 104 valence electrons. The summed E-state index contributed by atoms with van der Waals surface area (Å²) in [6, 6.07) is 25.9. The van der Waals surface area contributed by atoms with Crippen LogP contribution in [-0.2, 0) is 0 Å². The van der Waals surface area contributed by atoms with Crippen LogP contribution in [0.5, 0.6) is 5.75 Å². The summed E-state index contributed by atoms with van der Waals surface area (Å²) in [6.07, 6.45) is -0.329. The second-order valence-corrected chi connectivity index (χ2v) is 4.78. The van der Waals surface area contributed by atoms with Crippen molar-refractivity contribution in [3.8, 4) is 5.75 Å². The molecule has 0 saturated carbocycles. The molecule has 1 nitrogen and oxygen atoms in total. The maximum Gasteiger partial charge on any atom is 0.149 e. The van der Waals surface area contributed by atoms with Crippen molar-refractivity contribution >= 4 is 0 Å².